The van der Waals surface area contributed by atoms with Gasteiger partial charge in [-0.1, -0.05) is 30.3 Å². The molecule has 4 rings (SSSR count). The van der Waals surface area contributed by atoms with Gasteiger partial charge in [-0.05, 0) is 43.7 Å². The fourth-order valence-electron chi connectivity index (χ4n) is 3.47. The van der Waals surface area contributed by atoms with Crippen molar-refractivity contribution in [3.8, 4) is 5.75 Å². The van der Waals surface area contributed by atoms with Gasteiger partial charge in [-0.15, -0.1) is 0 Å². The molecule has 0 aliphatic carbocycles. The van der Waals surface area contributed by atoms with Crippen LogP contribution in [-0.4, -0.2) is 16.8 Å². The van der Waals surface area contributed by atoms with E-state index in [1.165, 1.54) is 0 Å². The lowest BCUT2D eigenvalue weighted by Crippen LogP contribution is -2.53. The number of aromatic carboxylic acids is 1. The molecule has 1 atom stereocenters. The summed E-state index contributed by atoms with van der Waals surface area (Å²) in [6.45, 7) is 4.20. The third kappa shape index (κ3) is 1.75. The standard InChI is InChI=1S/C19H17NO3/c1-18(2)14-8-3-4-9-15(14)20-19(18)11-10-12-6-5-7-13(17(21)22)16(12)23-19/h3-11,20H,1-2H3,(H,21,22). The molecule has 2 aliphatic heterocycles. The Morgan fingerprint density at radius 2 is 1.91 bits per heavy atom. The Balaban J connectivity index is 1.87. The molecular weight excluding hydrogens is 290 g/mol. The number of nitrogens with one attached hydrogen (secondary N) is 1. The number of hydrogen-bond acceptors (Lipinski definition) is 3. The van der Waals surface area contributed by atoms with Crippen LogP contribution < -0.4 is 10.1 Å². The van der Waals surface area contributed by atoms with Crippen LogP contribution in [0.4, 0.5) is 5.69 Å². The van der Waals surface area contributed by atoms with Crippen LogP contribution >= 0.6 is 0 Å². The number of benzene rings is 2. The van der Waals surface area contributed by atoms with E-state index in [9.17, 15) is 9.90 Å². The van der Waals surface area contributed by atoms with Crippen LogP contribution in [0.15, 0.2) is 48.5 Å². The van der Waals surface area contributed by atoms with E-state index in [4.69, 9.17) is 4.74 Å². The number of ether oxygens (including phenoxy) is 1. The number of carboxylic acids is 1. The first-order chi connectivity index (χ1) is 10.9. The van der Waals surface area contributed by atoms with Gasteiger partial charge in [-0.25, -0.2) is 4.79 Å². The molecule has 0 radical (unpaired) electrons. The number of fused-ring (bicyclic) bond motifs is 2. The maximum absolute atomic E-state index is 11.5. The number of carbonyl (C=O) groups is 1. The molecule has 1 unspecified atom stereocenters. The minimum absolute atomic E-state index is 0.180. The van der Waals surface area contributed by atoms with Gasteiger partial charge in [0.25, 0.3) is 0 Å². The molecule has 0 saturated carbocycles. The van der Waals surface area contributed by atoms with Crippen molar-refractivity contribution in [3.05, 3.63) is 65.2 Å². The van der Waals surface area contributed by atoms with Crippen LogP contribution in [0.1, 0.15) is 35.3 Å². The Kier molecular flexibility index (Phi) is 2.64. The fraction of sp³-hybridized carbons (Fsp3) is 0.211. The highest BCUT2D eigenvalue weighted by Gasteiger charge is 2.54. The molecule has 1 spiro atoms. The first-order valence-electron chi connectivity index (χ1n) is 7.57. The van der Waals surface area contributed by atoms with E-state index in [0.717, 1.165) is 16.8 Å². The topological polar surface area (TPSA) is 58.6 Å². The third-order valence-electron chi connectivity index (χ3n) is 4.89. The number of para-hydroxylation sites is 2. The van der Waals surface area contributed by atoms with E-state index >= 15 is 0 Å². The molecule has 0 fully saturated rings. The van der Waals surface area contributed by atoms with E-state index in [2.05, 4.69) is 25.2 Å². The summed E-state index contributed by atoms with van der Waals surface area (Å²) in [6.07, 6.45) is 3.92. The van der Waals surface area contributed by atoms with Crippen LogP contribution in [-0.2, 0) is 5.41 Å². The molecule has 2 aromatic carbocycles. The minimum Gasteiger partial charge on any atom is -0.478 e. The molecule has 0 bridgehead atoms. The average Bonchev–Trinajstić information content (AvgIpc) is 2.74. The number of rotatable bonds is 1. The SMILES string of the molecule is CC1(C)c2ccccc2NC12C=Cc1cccc(C(=O)O)c1O2. The van der Waals surface area contributed by atoms with Crippen molar-refractivity contribution in [1.82, 2.24) is 0 Å². The summed E-state index contributed by atoms with van der Waals surface area (Å²) >= 11 is 0. The van der Waals surface area contributed by atoms with Gasteiger partial charge in [0, 0.05) is 11.3 Å². The highest BCUT2D eigenvalue weighted by atomic mass is 16.5. The average molecular weight is 307 g/mol. The summed E-state index contributed by atoms with van der Waals surface area (Å²) in [6, 6.07) is 13.2. The molecule has 0 amide bonds. The van der Waals surface area contributed by atoms with Gasteiger partial charge in [0.2, 0.25) is 5.72 Å². The molecule has 4 heteroatoms. The molecule has 2 aromatic rings. The zero-order valence-corrected chi connectivity index (χ0v) is 13.0. The van der Waals surface area contributed by atoms with Crippen molar-refractivity contribution in [3.63, 3.8) is 0 Å². The second kappa shape index (κ2) is 4.38. The predicted octanol–water partition coefficient (Wildman–Crippen LogP) is 3.89. The summed E-state index contributed by atoms with van der Waals surface area (Å²) in [4.78, 5) is 11.5. The molecule has 4 nitrogen and oxygen atoms in total. The molecule has 2 aliphatic rings. The van der Waals surface area contributed by atoms with Crippen molar-refractivity contribution in [2.75, 3.05) is 5.32 Å². The monoisotopic (exact) mass is 307 g/mol. The number of anilines is 1. The summed E-state index contributed by atoms with van der Waals surface area (Å²) in [5.74, 6) is -0.573. The van der Waals surface area contributed by atoms with Gasteiger partial charge in [-0.3, -0.25) is 0 Å². The van der Waals surface area contributed by atoms with Crippen molar-refractivity contribution in [2.45, 2.75) is 25.0 Å². The highest BCUT2D eigenvalue weighted by Crippen LogP contribution is 2.51. The zero-order valence-electron chi connectivity index (χ0n) is 13.0. The summed E-state index contributed by atoms with van der Waals surface area (Å²) in [7, 11) is 0. The largest absolute Gasteiger partial charge is 0.478 e. The maximum Gasteiger partial charge on any atom is 0.339 e. The van der Waals surface area contributed by atoms with Crippen LogP contribution in [0, 0.1) is 0 Å². The van der Waals surface area contributed by atoms with Gasteiger partial charge >= 0.3 is 5.97 Å². The van der Waals surface area contributed by atoms with Crippen molar-refractivity contribution >= 4 is 17.7 Å². The first-order valence-corrected chi connectivity index (χ1v) is 7.57. The fourth-order valence-corrected chi connectivity index (χ4v) is 3.47. The quantitative estimate of drug-likeness (QED) is 0.839. The lowest BCUT2D eigenvalue weighted by atomic mass is 9.76. The smallest absolute Gasteiger partial charge is 0.339 e. The second-order valence-corrected chi connectivity index (χ2v) is 6.50. The van der Waals surface area contributed by atoms with E-state index in [1.54, 1.807) is 12.1 Å². The Morgan fingerprint density at radius 3 is 2.65 bits per heavy atom. The van der Waals surface area contributed by atoms with E-state index < -0.39 is 11.7 Å². The Labute approximate surface area is 134 Å². The van der Waals surface area contributed by atoms with Crippen molar-refractivity contribution in [1.29, 1.82) is 0 Å². The number of carboxylic acid groups (broad SMARTS) is 1. The van der Waals surface area contributed by atoms with Gasteiger partial charge in [0.15, 0.2) is 0 Å². The molecular formula is C19H17NO3. The normalized spacial score (nSPS) is 22.9. The lowest BCUT2D eigenvalue weighted by molar-refractivity contribution is 0.0644. The van der Waals surface area contributed by atoms with Gasteiger partial charge < -0.3 is 15.2 Å². The van der Waals surface area contributed by atoms with Crippen molar-refractivity contribution in [2.24, 2.45) is 0 Å². The molecule has 0 aromatic heterocycles. The van der Waals surface area contributed by atoms with Crippen LogP contribution in [0.25, 0.3) is 6.08 Å². The van der Waals surface area contributed by atoms with E-state index in [1.807, 2.05) is 36.4 Å². The first kappa shape index (κ1) is 13.9. The Hall–Kier alpha value is -2.75. The Morgan fingerprint density at radius 1 is 1.13 bits per heavy atom. The zero-order chi connectivity index (χ0) is 16.2. The predicted molar refractivity (Wildman–Crippen MR) is 88.9 cm³/mol. The molecule has 116 valence electrons. The second-order valence-electron chi connectivity index (χ2n) is 6.50. The van der Waals surface area contributed by atoms with Gasteiger partial charge in [0.1, 0.15) is 11.3 Å². The molecule has 2 N–H and O–H groups in total. The number of hydrogen-bond donors (Lipinski definition) is 2. The summed E-state index contributed by atoms with van der Waals surface area (Å²) in [5, 5.41) is 12.9. The Bertz CT molecular complexity index is 853. The van der Waals surface area contributed by atoms with Gasteiger partial charge in [0.05, 0.1) is 5.41 Å². The summed E-state index contributed by atoms with van der Waals surface area (Å²) in [5.41, 5.74) is 1.99. The van der Waals surface area contributed by atoms with Crippen molar-refractivity contribution < 1.29 is 14.6 Å². The van der Waals surface area contributed by atoms with Gasteiger partial charge in [-0.2, -0.15) is 0 Å². The molecule has 2 heterocycles. The van der Waals surface area contributed by atoms with Crippen LogP contribution in [0.3, 0.4) is 0 Å². The third-order valence-corrected chi connectivity index (χ3v) is 4.89. The maximum atomic E-state index is 11.5. The van der Waals surface area contributed by atoms with E-state index in [0.29, 0.717) is 5.75 Å². The van der Waals surface area contributed by atoms with Crippen LogP contribution in [0.5, 0.6) is 5.75 Å². The molecule has 23 heavy (non-hydrogen) atoms. The van der Waals surface area contributed by atoms with Crippen LogP contribution in [0.2, 0.25) is 0 Å². The highest BCUT2D eigenvalue weighted by molar-refractivity contribution is 5.93. The lowest BCUT2D eigenvalue weighted by Gasteiger charge is -2.42. The molecule has 0 saturated heterocycles. The van der Waals surface area contributed by atoms with E-state index in [-0.39, 0.29) is 11.0 Å². The minimum atomic E-state index is -0.986. The summed E-state index contributed by atoms with van der Waals surface area (Å²) < 4.78 is 6.29.